The van der Waals surface area contributed by atoms with Crippen LogP contribution < -0.4 is 4.74 Å². The number of hydrogen-bond donors (Lipinski definition) is 1. The van der Waals surface area contributed by atoms with Crippen LogP contribution in [0.15, 0.2) is 36.5 Å². The number of ether oxygens (including phenoxy) is 1. The average Bonchev–Trinajstić information content (AvgIpc) is 2.64. The SMILES string of the molecule is O=C(O)C1CCCN(C(=O)c2cccnc2Oc2ccc(Cl)cc2Cl)C1. The molecule has 3 rings (SSSR count). The van der Waals surface area contributed by atoms with E-state index in [9.17, 15) is 14.7 Å². The van der Waals surface area contributed by atoms with Gasteiger partial charge in [-0.25, -0.2) is 4.98 Å². The van der Waals surface area contributed by atoms with Crippen molar-refractivity contribution in [2.45, 2.75) is 12.8 Å². The highest BCUT2D eigenvalue weighted by Crippen LogP contribution is 2.32. The van der Waals surface area contributed by atoms with Crippen LogP contribution in [0.25, 0.3) is 0 Å². The van der Waals surface area contributed by atoms with Gasteiger partial charge >= 0.3 is 5.97 Å². The molecule has 1 saturated heterocycles. The van der Waals surface area contributed by atoms with Crippen molar-refractivity contribution < 1.29 is 19.4 Å². The third-order valence-electron chi connectivity index (χ3n) is 4.16. The second-order valence-electron chi connectivity index (χ2n) is 5.96. The number of halogens is 2. The van der Waals surface area contributed by atoms with Crippen molar-refractivity contribution in [3.05, 3.63) is 52.1 Å². The molecule has 8 heteroatoms. The van der Waals surface area contributed by atoms with Crippen LogP contribution >= 0.6 is 23.2 Å². The minimum Gasteiger partial charge on any atom is -0.481 e. The van der Waals surface area contributed by atoms with E-state index in [1.807, 2.05) is 0 Å². The van der Waals surface area contributed by atoms with E-state index < -0.39 is 11.9 Å². The summed E-state index contributed by atoms with van der Waals surface area (Å²) in [4.78, 5) is 29.8. The molecule has 0 saturated carbocycles. The Morgan fingerprint density at radius 3 is 2.81 bits per heavy atom. The van der Waals surface area contributed by atoms with Crippen molar-refractivity contribution in [2.75, 3.05) is 13.1 Å². The fraction of sp³-hybridized carbons (Fsp3) is 0.278. The Bertz CT molecular complexity index is 844. The van der Waals surface area contributed by atoms with E-state index in [0.29, 0.717) is 35.2 Å². The predicted octanol–water partition coefficient (Wildman–Crippen LogP) is 4.12. The Labute approximate surface area is 160 Å². The lowest BCUT2D eigenvalue weighted by atomic mass is 9.98. The molecule has 0 aliphatic carbocycles. The highest BCUT2D eigenvalue weighted by Gasteiger charge is 2.30. The summed E-state index contributed by atoms with van der Waals surface area (Å²) in [6.07, 6.45) is 2.71. The number of nitrogens with zero attached hydrogens (tertiary/aromatic N) is 2. The van der Waals surface area contributed by atoms with Crippen LogP contribution in [-0.2, 0) is 4.79 Å². The van der Waals surface area contributed by atoms with Gasteiger partial charge in [0.15, 0.2) is 0 Å². The standard InChI is InChI=1S/C18H16Cl2N2O4/c19-12-5-6-15(14(20)9-12)26-16-13(4-1-7-21-16)17(23)22-8-2-3-11(10-22)18(24)25/h1,4-7,9,11H,2-3,8,10H2,(H,24,25). The van der Waals surface area contributed by atoms with Gasteiger partial charge in [-0.15, -0.1) is 0 Å². The van der Waals surface area contributed by atoms with E-state index in [0.717, 1.165) is 0 Å². The van der Waals surface area contributed by atoms with E-state index >= 15 is 0 Å². The minimum absolute atomic E-state index is 0.110. The molecule has 136 valence electrons. The molecule has 1 fully saturated rings. The first kappa shape index (κ1) is 18.5. The zero-order chi connectivity index (χ0) is 18.7. The summed E-state index contributed by atoms with van der Waals surface area (Å²) >= 11 is 12.0. The number of benzene rings is 1. The quantitative estimate of drug-likeness (QED) is 0.843. The molecule has 0 radical (unpaired) electrons. The molecular weight excluding hydrogens is 379 g/mol. The van der Waals surface area contributed by atoms with E-state index in [-0.39, 0.29) is 23.9 Å². The van der Waals surface area contributed by atoms with Crippen LogP contribution in [0.2, 0.25) is 10.0 Å². The summed E-state index contributed by atoms with van der Waals surface area (Å²) in [6.45, 7) is 0.669. The largest absolute Gasteiger partial charge is 0.481 e. The molecule has 1 aliphatic heterocycles. The van der Waals surface area contributed by atoms with Crippen LogP contribution in [0, 0.1) is 5.92 Å². The Kier molecular flexibility index (Phi) is 5.64. The lowest BCUT2D eigenvalue weighted by molar-refractivity contribution is -0.143. The summed E-state index contributed by atoms with van der Waals surface area (Å²) in [5, 5.41) is 9.97. The van der Waals surface area contributed by atoms with Crippen LogP contribution in [0.5, 0.6) is 11.6 Å². The molecule has 1 aromatic carbocycles. The number of aliphatic carboxylic acids is 1. The molecular formula is C18H16Cl2N2O4. The van der Waals surface area contributed by atoms with E-state index in [1.165, 1.54) is 17.2 Å². The van der Waals surface area contributed by atoms with Gasteiger partial charge in [0.05, 0.1) is 10.9 Å². The number of hydrogen-bond acceptors (Lipinski definition) is 4. The average molecular weight is 395 g/mol. The highest BCUT2D eigenvalue weighted by atomic mass is 35.5. The number of aromatic nitrogens is 1. The van der Waals surface area contributed by atoms with Crippen molar-refractivity contribution in [3.8, 4) is 11.6 Å². The van der Waals surface area contributed by atoms with E-state index in [1.54, 1.807) is 24.3 Å². The third kappa shape index (κ3) is 4.08. The van der Waals surface area contributed by atoms with Gasteiger partial charge in [0.2, 0.25) is 5.88 Å². The second-order valence-corrected chi connectivity index (χ2v) is 6.81. The smallest absolute Gasteiger partial charge is 0.308 e. The molecule has 26 heavy (non-hydrogen) atoms. The zero-order valence-electron chi connectivity index (χ0n) is 13.7. The summed E-state index contributed by atoms with van der Waals surface area (Å²) in [7, 11) is 0. The molecule has 1 aliphatic rings. The summed E-state index contributed by atoms with van der Waals surface area (Å²) in [5.74, 6) is -1.33. The maximum atomic E-state index is 12.9. The van der Waals surface area contributed by atoms with Gasteiger partial charge in [0, 0.05) is 24.3 Å². The van der Waals surface area contributed by atoms with Crippen LogP contribution in [-0.4, -0.2) is 40.0 Å². The maximum Gasteiger partial charge on any atom is 0.308 e. The monoisotopic (exact) mass is 394 g/mol. The molecule has 2 aromatic rings. The molecule has 1 unspecified atom stereocenters. The van der Waals surface area contributed by atoms with Crippen molar-refractivity contribution in [2.24, 2.45) is 5.92 Å². The predicted molar refractivity (Wildman–Crippen MR) is 97.0 cm³/mol. The number of amides is 1. The number of rotatable bonds is 4. The molecule has 1 amide bonds. The molecule has 2 heterocycles. The lowest BCUT2D eigenvalue weighted by Crippen LogP contribution is -2.42. The van der Waals surface area contributed by atoms with Gasteiger partial charge in [-0.05, 0) is 43.2 Å². The Balaban J connectivity index is 1.84. The number of carboxylic acids is 1. The first-order valence-corrected chi connectivity index (χ1v) is 8.81. The van der Waals surface area contributed by atoms with E-state index in [2.05, 4.69) is 4.98 Å². The number of carbonyl (C=O) groups is 2. The second kappa shape index (κ2) is 7.93. The fourth-order valence-electron chi connectivity index (χ4n) is 2.83. The van der Waals surface area contributed by atoms with Gasteiger partial charge in [-0.3, -0.25) is 9.59 Å². The molecule has 0 spiro atoms. The van der Waals surface area contributed by atoms with Crippen molar-refractivity contribution in [1.82, 2.24) is 9.88 Å². The summed E-state index contributed by atoms with van der Waals surface area (Å²) in [6, 6.07) is 7.97. The fourth-order valence-corrected chi connectivity index (χ4v) is 3.28. The molecule has 0 bridgehead atoms. The number of carbonyl (C=O) groups excluding carboxylic acids is 1. The molecule has 1 N–H and O–H groups in total. The Morgan fingerprint density at radius 1 is 1.27 bits per heavy atom. The van der Waals surface area contributed by atoms with E-state index in [4.69, 9.17) is 27.9 Å². The van der Waals surface area contributed by atoms with Crippen LogP contribution in [0.4, 0.5) is 0 Å². The van der Waals surface area contributed by atoms with Gasteiger partial charge in [-0.2, -0.15) is 0 Å². The first-order valence-electron chi connectivity index (χ1n) is 8.05. The number of pyridine rings is 1. The van der Waals surface area contributed by atoms with Gasteiger partial charge < -0.3 is 14.7 Å². The zero-order valence-corrected chi connectivity index (χ0v) is 15.2. The minimum atomic E-state index is -0.891. The van der Waals surface area contributed by atoms with Crippen LogP contribution in [0.1, 0.15) is 23.2 Å². The molecule has 1 atom stereocenters. The Hall–Kier alpha value is -2.31. The number of piperidine rings is 1. The first-order chi connectivity index (χ1) is 12.5. The highest BCUT2D eigenvalue weighted by molar-refractivity contribution is 6.35. The normalized spacial score (nSPS) is 17.0. The maximum absolute atomic E-state index is 12.9. The van der Waals surface area contributed by atoms with Crippen molar-refractivity contribution in [1.29, 1.82) is 0 Å². The van der Waals surface area contributed by atoms with Gasteiger partial charge in [-0.1, -0.05) is 23.2 Å². The molecule has 6 nitrogen and oxygen atoms in total. The summed E-state index contributed by atoms with van der Waals surface area (Å²) < 4.78 is 5.72. The Morgan fingerprint density at radius 2 is 2.08 bits per heavy atom. The summed E-state index contributed by atoms with van der Waals surface area (Å²) in [5.41, 5.74) is 0.254. The van der Waals surface area contributed by atoms with Crippen LogP contribution in [0.3, 0.4) is 0 Å². The molecule has 1 aromatic heterocycles. The van der Waals surface area contributed by atoms with Gasteiger partial charge in [0.25, 0.3) is 5.91 Å². The third-order valence-corrected chi connectivity index (χ3v) is 4.69. The van der Waals surface area contributed by atoms with Gasteiger partial charge in [0.1, 0.15) is 11.3 Å². The van der Waals surface area contributed by atoms with Crippen molar-refractivity contribution >= 4 is 35.1 Å². The number of likely N-dealkylation sites (tertiary alicyclic amines) is 1. The van der Waals surface area contributed by atoms with Crippen molar-refractivity contribution in [3.63, 3.8) is 0 Å². The topological polar surface area (TPSA) is 79.7 Å². The lowest BCUT2D eigenvalue weighted by Gasteiger charge is -2.31. The number of carboxylic acid groups (broad SMARTS) is 1.